The Morgan fingerprint density at radius 3 is 2.51 bits per heavy atom. The maximum absolute atomic E-state index is 13.3. The number of thiazole rings is 1. The van der Waals surface area contributed by atoms with E-state index < -0.39 is 21.0 Å². The Morgan fingerprint density at radius 2 is 1.85 bits per heavy atom. The lowest BCUT2D eigenvalue weighted by molar-refractivity contribution is 0.402. The highest BCUT2D eigenvalue weighted by Crippen LogP contribution is 2.39. The number of methoxy groups -OCH3 is 2. The second-order valence-corrected chi connectivity index (χ2v) is 14.2. The molecule has 0 saturated heterocycles. The number of fused-ring (bicyclic) bond motifs is 1. The fourth-order valence-electron chi connectivity index (χ4n) is 3.51. The summed E-state index contributed by atoms with van der Waals surface area (Å²) in [6.07, 6.45) is 2.30. The van der Waals surface area contributed by atoms with Gasteiger partial charge in [0.05, 0.1) is 30.0 Å². The molecule has 39 heavy (non-hydrogen) atoms. The van der Waals surface area contributed by atoms with Gasteiger partial charge in [-0.2, -0.15) is 0 Å². The third-order valence-electron chi connectivity index (χ3n) is 5.56. The summed E-state index contributed by atoms with van der Waals surface area (Å²) in [7, 11) is -2.43. The van der Waals surface area contributed by atoms with Gasteiger partial charge in [0.2, 0.25) is 0 Å². The number of benzene rings is 2. The lowest BCUT2D eigenvalue weighted by Gasteiger charge is -2.17. The van der Waals surface area contributed by atoms with Crippen molar-refractivity contribution < 1.29 is 31.4 Å². The van der Waals surface area contributed by atoms with Gasteiger partial charge in [0.1, 0.15) is 27.5 Å². The molecule has 0 amide bonds. The molecule has 210 valence electrons. The Kier molecular flexibility index (Phi) is 8.49. The molecule has 0 aliphatic heterocycles. The van der Waals surface area contributed by atoms with Crippen LogP contribution in [0.5, 0.6) is 22.4 Å². The number of aromatic nitrogens is 2. The average molecular weight is 595 g/mol. The standard InChI is InChI=1S/C25H30N4O7S3/c1-7-15-8-9-18(33-5)21(10-15)39(31,32)29-23-22-19(34-6)11-16(12-20(22)36-28-23)35-24-26-13-17(37-24)14-27-38(30)25(2,3)4/h8-13,27H,7,14H2,1-6H3,(H,28,29). The molecule has 4 aromatic rings. The van der Waals surface area contributed by atoms with Crippen LogP contribution in [0.15, 0.2) is 45.9 Å². The molecule has 2 heterocycles. The van der Waals surface area contributed by atoms with Gasteiger partial charge in [-0.15, -0.1) is 0 Å². The van der Waals surface area contributed by atoms with Gasteiger partial charge in [-0.1, -0.05) is 29.5 Å². The average Bonchev–Trinajstić information content (AvgIpc) is 3.52. The van der Waals surface area contributed by atoms with E-state index in [-0.39, 0.29) is 32.5 Å². The Bertz CT molecular complexity index is 1610. The van der Waals surface area contributed by atoms with Crippen molar-refractivity contribution in [1.29, 1.82) is 0 Å². The number of hydrogen-bond acceptors (Lipinski definition) is 10. The summed E-state index contributed by atoms with van der Waals surface area (Å²) >= 11 is 1.30. The molecular weight excluding hydrogens is 564 g/mol. The highest BCUT2D eigenvalue weighted by Gasteiger charge is 2.25. The largest absolute Gasteiger partial charge is 0.496 e. The fraction of sp³-hybridized carbons (Fsp3) is 0.360. The summed E-state index contributed by atoms with van der Waals surface area (Å²) in [5, 5.41) is 4.62. The van der Waals surface area contributed by atoms with Gasteiger partial charge in [0.25, 0.3) is 15.2 Å². The van der Waals surface area contributed by atoms with Crippen molar-refractivity contribution in [2.24, 2.45) is 0 Å². The van der Waals surface area contributed by atoms with E-state index in [0.29, 0.717) is 29.3 Å². The number of rotatable bonds is 11. The number of ether oxygens (including phenoxy) is 3. The minimum absolute atomic E-state index is 0.0141. The van der Waals surface area contributed by atoms with E-state index in [1.807, 2.05) is 33.8 Å². The number of nitrogens with one attached hydrogen (secondary N) is 2. The first kappa shape index (κ1) is 28.8. The van der Waals surface area contributed by atoms with Crippen molar-refractivity contribution in [3.8, 4) is 22.4 Å². The van der Waals surface area contributed by atoms with Crippen molar-refractivity contribution in [3.05, 3.63) is 47.0 Å². The van der Waals surface area contributed by atoms with Crippen molar-refractivity contribution >= 4 is 49.1 Å². The predicted octanol–water partition coefficient (Wildman–Crippen LogP) is 5.01. The van der Waals surface area contributed by atoms with E-state index in [2.05, 4.69) is 19.6 Å². The Labute approximate surface area is 233 Å². The second kappa shape index (κ2) is 11.5. The predicted molar refractivity (Wildman–Crippen MR) is 151 cm³/mol. The highest BCUT2D eigenvalue weighted by molar-refractivity contribution is 7.92. The van der Waals surface area contributed by atoms with Gasteiger partial charge in [0.15, 0.2) is 11.4 Å². The third kappa shape index (κ3) is 6.52. The highest BCUT2D eigenvalue weighted by atomic mass is 32.2. The Balaban J connectivity index is 1.57. The summed E-state index contributed by atoms with van der Waals surface area (Å²) in [6, 6.07) is 8.13. The number of anilines is 1. The smallest absolute Gasteiger partial charge is 0.278 e. The van der Waals surface area contributed by atoms with Crippen LogP contribution >= 0.6 is 11.3 Å². The van der Waals surface area contributed by atoms with Crippen molar-refractivity contribution in [3.63, 3.8) is 0 Å². The topological polar surface area (TPSA) is 142 Å². The first-order valence-corrected chi connectivity index (χ1v) is 15.3. The van der Waals surface area contributed by atoms with Crippen LogP contribution in [-0.4, -0.2) is 41.7 Å². The lowest BCUT2D eigenvalue weighted by Crippen LogP contribution is -2.32. The van der Waals surface area contributed by atoms with Crippen LogP contribution in [-0.2, 0) is 34.0 Å². The van der Waals surface area contributed by atoms with Crippen LogP contribution in [0.25, 0.3) is 11.0 Å². The molecule has 1 unspecified atom stereocenters. The molecule has 0 aliphatic rings. The number of hydrogen-bond donors (Lipinski definition) is 2. The first-order valence-electron chi connectivity index (χ1n) is 11.9. The normalized spacial score (nSPS) is 12.9. The fourth-order valence-corrected chi connectivity index (χ4v) is 6.26. The molecule has 2 N–H and O–H groups in total. The van der Waals surface area contributed by atoms with E-state index in [1.165, 1.54) is 25.6 Å². The van der Waals surface area contributed by atoms with E-state index >= 15 is 0 Å². The molecule has 0 bridgehead atoms. The van der Waals surface area contributed by atoms with E-state index in [0.717, 1.165) is 10.4 Å². The van der Waals surface area contributed by atoms with Crippen LogP contribution in [0, 0.1) is 0 Å². The molecule has 0 aliphatic carbocycles. The number of sulfonamides is 1. The SMILES string of the molecule is CCc1ccc(OC)c(S(=O)(=O)Nc2noc3cc(Oc4ncc(CNS(=O)C(C)(C)C)s4)cc(OC)c23)c1. The molecular formula is C25H30N4O7S3. The van der Waals surface area contributed by atoms with Crippen LogP contribution in [0.4, 0.5) is 5.82 Å². The van der Waals surface area contributed by atoms with Gasteiger partial charge in [-0.05, 0) is 44.9 Å². The summed E-state index contributed by atoms with van der Waals surface area (Å²) in [4.78, 5) is 5.10. The van der Waals surface area contributed by atoms with Crippen molar-refractivity contribution in [2.45, 2.75) is 50.3 Å². The molecule has 0 radical (unpaired) electrons. The monoisotopic (exact) mass is 594 g/mol. The van der Waals surface area contributed by atoms with Crippen molar-refractivity contribution in [2.75, 3.05) is 18.9 Å². The molecule has 0 saturated carbocycles. The van der Waals surface area contributed by atoms with Crippen LogP contribution in [0.1, 0.15) is 38.1 Å². The van der Waals surface area contributed by atoms with E-state index in [1.54, 1.807) is 30.5 Å². The molecule has 14 heteroatoms. The van der Waals surface area contributed by atoms with Gasteiger partial charge in [-0.3, -0.25) is 4.72 Å². The lowest BCUT2D eigenvalue weighted by atomic mass is 10.2. The second-order valence-electron chi connectivity index (χ2n) is 9.37. The summed E-state index contributed by atoms with van der Waals surface area (Å²) in [5.74, 6) is 0.814. The molecule has 1 atom stereocenters. The zero-order chi connectivity index (χ0) is 28.4. The minimum Gasteiger partial charge on any atom is -0.496 e. The van der Waals surface area contributed by atoms with Gasteiger partial charge in [-0.25, -0.2) is 22.3 Å². The Hall–Kier alpha value is -3.20. The summed E-state index contributed by atoms with van der Waals surface area (Å²) in [5.41, 5.74) is 1.08. The molecule has 4 rings (SSSR count). The van der Waals surface area contributed by atoms with E-state index in [4.69, 9.17) is 18.7 Å². The number of nitrogens with zero attached hydrogens (tertiary/aromatic N) is 2. The van der Waals surface area contributed by atoms with E-state index in [9.17, 15) is 12.6 Å². The number of aryl methyl sites for hydroxylation is 1. The minimum atomic E-state index is -4.07. The molecule has 2 aromatic heterocycles. The maximum atomic E-state index is 13.3. The van der Waals surface area contributed by atoms with Gasteiger partial charge in [0, 0.05) is 29.8 Å². The molecule has 0 spiro atoms. The quantitative estimate of drug-likeness (QED) is 0.245. The van der Waals surface area contributed by atoms with Crippen LogP contribution < -0.4 is 23.7 Å². The zero-order valence-corrected chi connectivity index (χ0v) is 24.8. The third-order valence-corrected chi connectivity index (χ3v) is 9.31. The van der Waals surface area contributed by atoms with Gasteiger partial charge < -0.3 is 18.7 Å². The maximum Gasteiger partial charge on any atom is 0.278 e. The molecule has 2 aromatic carbocycles. The van der Waals surface area contributed by atoms with Crippen LogP contribution in [0.2, 0.25) is 0 Å². The van der Waals surface area contributed by atoms with Gasteiger partial charge >= 0.3 is 0 Å². The summed E-state index contributed by atoms with van der Waals surface area (Å²) in [6.45, 7) is 7.98. The molecule has 0 fully saturated rings. The first-order chi connectivity index (χ1) is 18.4. The van der Waals surface area contributed by atoms with Crippen molar-refractivity contribution in [1.82, 2.24) is 14.9 Å². The Morgan fingerprint density at radius 1 is 1.10 bits per heavy atom. The molecule has 11 nitrogen and oxygen atoms in total. The van der Waals surface area contributed by atoms with Crippen LogP contribution in [0.3, 0.4) is 0 Å². The summed E-state index contributed by atoms with van der Waals surface area (Å²) < 4.78 is 66.0. The zero-order valence-electron chi connectivity index (χ0n) is 22.4.